The van der Waals surface area contributed by atoms with Gasteiger partial charge in [0.05, 0.1) is 16.8 Å². The van der Waals surface area contributed by atoms with Crippen molar-refractivity contribution in [3.8, 4) is 11.3 Å². The number of nitrogens with zero attached hydrogens (tertiary/aromatic N) is 5. The van der Waals surface area contributed by atoms with E-state index < -0.39 is 11.9 Å². The number of piperazine rings is 1. The Bertz CT molecular complexity index is 1130. The van der Waals surface area contributed by atoms with Crippen LogP contribution >= 0.6 is 0 Å². The molecule has 1 aliphatic rings. The second-order valence-corrected chi connectivity index (χ2v) is 7.20. The van der Waals surface area contributed by atoms with Crippen molar-refractivity contribution in [3.05, 3.63) is 48.0 Å². The number of nitrogens with one attached hydrogen (secondary N) is 1. The first-order valence-corrected chi connectivity index (χ1v) is 9.55. The molecule has 1 unspecified atom stereocenters. The summed E-state index contributed by atoms with van der Waals surface area (Å²) in [4.78, 5) is 41.8. The van der Waals surface area contributed by atoms with Crippen molar-refractivity contribution in [3.63, 3.8) is 0 Å². The van der Waals surface area contributed by atoms with Crippen LogP contribution in [0.5, 0.6) is 0 Å². The van der Waals surface area contributed by atoms with Crippen LogP contribution in [0.1, 0.15) is 17.3 Å². The lowest BCUT2D eigenvalue weighted by molar-refractivity contribution is -0.137. The number of halogens is 1. The van der Waals surface area contributed by atoms with E-state index >= 15 is 0 Å². The van der Waals surface area contributed by atoms with E-state index in [0.717, 1.165) is 0 Å². The summed E-state index contributed by atoms with van der Waals surface area (Å²) >= 11 is 0. The summed E-state index contributed by atoms with van der Waals surface area (Å²) in [6.45, 7) is 2.59. The third-order valence-electron chi connectivity index (χ3n) is 5.31. The third-order valence-corrected chi connectivity index (χ3v) is 5.31. The third kappa shape index (κ3) is 3.42. The van der Waals surface area contributed by atoms with Crippen LogP contribution in [-0.2, 0) is 4.79 Å². The summed E-state index contributed by atoms with van der Waals surface area (Å²) in [5.74, 6) is -0.408. The number of amides is 2. The molecule has 9 heteroatoms. The van der Waals surface area contributed by atoms with Crippen molar-refractivity contribution in [1.82, 2.24) is 24.8 Å². The van der Waals surface area contributed by atoms with Crippen LogP contribution in [0.2, 0.25) is 0 Å². The van der Waals surface area contributed by atoms with Crippen LogP contribution in [0.25, 0.3) is 22.2 Å². The number of hydrogen-bond donors (Lipinski definition) is 1. The zero-order chi connectivity index (χ0) is 21.4. The summed E-state index contributed by atoms with van der Waals surface area (Å²) in [5, 5.41) is 3.36. The van der Waals surface area contributed by atoms with Gasteiger partial charge in [0.25, 0.3) is 5.91 Å². The molecule has 2 amide bonds. The van der Waals surface area contributed by atoms with Gasteiger partial charge < -0.3 is 15.1 Å². The Morgan fingerprint density at radius 3 is 2.63 bits per heavy atom. The van der Waals surface area contributed by atoms with Crippen molar-refractivity contribution in [2.24, 2.45) is 0 Å². The van der Waals surface area contributed by atoms with Crippen LogP contribution in [0.15, 0.2) is 36.7 Å². The average molecular weight is 408 g/mol. The predicted molar refractivity (Wildman–Crippen MR) is 110 cm³/mol. The second kappa shape index (κ2) is 7.66. The van der Waals surface area contributed by atoms with Gasteiger partial charge in [0.1, 0.15) is 11.9 Å². The second-order valence-electron chi connectivity index (χ2n) is 7.20. The summed E-state index contributed by atoms with van der Waals surface area (Å²) in [7, 11) is 3.43. The molecule has 1 fully saturated rings. The molecule has 8 nitrogen and oxygen atoms in total. The summed E-state index contributed by atoms with van der Waals surface area (Å²) in [6, 6.07) is 5.19. The largest absolute Gasteiger partial charge is 0.357 e. The molecule has 0 bridgehead atoms. The SMILES string of the molecule is CNc1ncc(-c2cc(C(=O)N3CCN(C)C(=O)C3C)c3ccc(F)cc3n2)cn1. The standard InChI is InChI=1S/C21H21FN6O2/c1-12-19(29)27(3)6-7-28(12)20(30)16-9-17(13-10-24-21(23-2)25-11-13)26-18-8-14(22)4-5-15(16)18/h4-5,8-12H,6-7H2,1-3H3,(H,23,24,25). The van der Waals surface area contributed by atoms with Gasteiger partial charge in [-0.25, -0.2) is 19.3 Å². The van der Waals surface area contributed by atoms with Crippen LogP contribution in [0, 0.1) is 5.82 Å². The fourth-order valence-electron chi connectivity index (χ4n) is 3.56. The lowest BCUT2D eigenvalue weighted by atomic mass is 10.0. The number of fused-ring (bicyclic) bond motifs is 1. The van der Waals surface area contributed by atoms with E-state index in [1.54, 1.807) is 49.3 Å². The van der Waals surface area contributed by atoms with Gasteiger partial charge in [0.2, 0.25) is 11.9 Å². The number of hydrogen-bond acceptors (Lipinski definition) is 6. The molecule has 4 rings (SSSR count). The number of rotatable bonds is 3. The fourth-order valence-corrected chi connectivity index (χ4v) is 3.56. The minimum absolute atomic E-state index is 0.115. The zero-order valence-electron chi connectivity index (χ0n) is 16.9. The highest BCUT2D eigenvalue weighted by Crippen LogP contribution is 2.27. The maximum Gasteiger partial charge on any atom is 0.255 e. The highest BCUT2D eigenvalue weighted by molar-refractivity contribution is 6.08. The van der Waals surface area contributed by atoms with Crippen LogP contribution in [0.3, 0.4) is 0 Å². The number of pyridine rings is 1. The van der Waals surface area contributed by atoms with Gasteiger partial charge >= 0.3 is 0 Å². The van der Waals surface area contributed by atoms with E-state index in [0.29, 0.717) is 46.8 Å². The van der Waals surface area contributed by atoms with Crippen molar-refractivity contribution >= 4 is 28.7 Å². The molecular weight excluding hydrogens is 387 g/mol. The first-order valence-electron chi connectivity index (χ1n) is 9.55. The number of benzene rings is 1. The van der Waals surface area contributed by atoms with E-state index in [2.05, 4.69) is 20.3 Å². The molecule has 30 heavy (non-hydrogen) atoms. The smallest absolute Gasteiger partial charge is 0.255 e. The minimum atomic E-state index is -0.582. The van der Waals surface area contributed by atoms with Crippen molar-refractivity contribution < 1.29 is 14.0 Å². The molecule has 0 aliphatic carbocycles. The van der Waals surface area contributed by atoms with Crippen LogP contribution in [0.4, 0.5) is 10.3 Å². The zero-order valence-corrected chi connectivity index (χ0v) is 16.9. The van der Waals surface area contributed by atoms with E-state index in [4.69, 9.17) is 0 Å². The quantitative estimate of drug-likeness (QED) is 0.714. The summed E-state index contributed by atoms with van der Waals surface area (Å²) in [5.41, 5.74) is 1.75. The predicted octanol–water partition coefficient (Wildman–Crippen LogP) is 2.18. The van der Waals surface area contributed by atoms with Gasteiger partial charge in [-0.15, -0.1) is 0 Å². The molecule has 1 atom stereocenters. The Morgan fingerprint density at radius 2 is 1.93 bits per heavy atom. The molecule has 3 heterocycles. The molecule has 1 saturated heterocycles. The molecule has 1 aliphatic heterocycles. The van der Waals surface area contributed by atoms with Crippen molar-refractivity contribution in [2.75, 3.05) is 32.5 Å². The monoisotopic (exact) mass is 408 g/mol. The highest BCUT2D eigenvalue weighted by Gasteiger charge is 2.33. The molecular formula is C21H21FN6O2. The molecule has 0 saturated carbocycles. The van der Waals surface area contributed by atoms with Gasteiger partial charge in [-0.05, 0) is 25.1 Å². The molecule has 2 aromatic heterocycles. The summed E-state index contributed by atoms with van der Waals surface area (Å²) in [6.07, 6.45) is 3.17. The van der Waals surface area contributed by atoms with Gasteiger partial charge in [-0.3, -0.25) is 9.59 Å². The van der Waals surface area contributed by atoms with E-state index in [1.165, 1.54) is 18.2 Å². The average Bonchev–Trinajstić information content (AvgIpc) is 2.76. The van der Waals surface area contributed by atoms with Gasteiger partial charge in [0, 0.05) is 56.6 Å². The Labute approximate surface area is 172 Å². The lowest BCUT2D eigenvalue weighted by Crippen LogP contribution is -2.56. The fraction of sp³-hybridized carbons (Fsp3) is 0.286. The van der Waals surface area contributed by atoms with Crippen molar-refractivity contribution in [2.45, 2.75) is 13.0 Å². The maximum absolute atomic E-state index is 13.9. The van der Waals surface area contributed by atoms with Gasteiger partial charge in [-0.1, -0.05) is 0 Å². The molecule has 1 N–H and O–H groups in total. The highest BCUT2D eigenvalue weighted by atomic mass is 19.1. The van der Waals surface area contributed by atoms with Crippen LogP contribution in [-0.4, -0.2) is 69.8 Å². The molecule has 3 aromatic rings. The number of anilines is 1. The number of likely N-dealkylation sites (N-methyl/N-ethyl adjacent to an activating group) is 1. The molecule has 0 spiro atoms. The molecule has 0 radical (unpaired) electrons. The van der Waals surface area contributed by atoms with Gasteiger partial charge in [0.15, 0.2) is 0 Å². The van der Waals surface area contributed by atoms with E-state index in [9.17, 15) is 14.0 Å². The molecule has 1 aromatic carbocycles. The molecule has 154 valence electrons. The summed E-state index contributed by atoms with van der Waals surface area (Å²) < 4.78 is 13.9. The first kappa shape index (κ1) is 19.7. The lowest BCUT2D eigenvalue weighted by Gasteiger charge is -2.37. The number of carbonyl (C=O) groups excluding carboxylic acids is 2. The first-order chi connectivity index (χ1) is 14.4. The Morgan fingerprint density at radius 1 is 1.20 bits per heavy atom. The maximum atomic E-state index is 13.9. The normalized spacial score (nSPS) is 16.8. The van der Waals surface area contributed by atoms with E-state index in [-0.39, 0.29) is 11.8 Å². The Kier molecular flexibility index (Phi) is 5.03. The van der Waals surface area contributed by atoms with Crippen LogP contribution < -0.4 is 5.32 Å². The topological polar surface area (TPSA) is 91.3 Å². The number of carbonyl (C=O) groups is 2. The Balaban J connectivity index is 1.83. The van der Waals surface area contributed by atoms with E-state index in [1.807, 2.05) is 0 Å². The van der Waals surface area contributed by atoms with Crippen molar-refractivity contribution in [1.29, 1.82) is 0 Å². The number of aromatic nitrogens is 3. The minimum Gasteiger partial charge on any atom is -0.357 e. The Hall–Kier alpha value is -3.62. The van der Waals surface area contributed by atoms with Gasteiger partial charge in [-0.2, -0.15) is 0 Å².